The van der Waals surface area contributed by atoms with Crippen molar-refractivity contribution in [2.75, 3.05) is 31.3 Å². The van der Waals surface area contributed by atoms with E-state index in [2.05, 4.69) is 4.90 Å². The van der Waals surface area contributed by atoms with Gasteiger partial charge in [-0.25, -0.2) is 0 Å². The van der Waals surface area contributed by atoms with Crippen molar-refractivity contribution in [3.05, 3.63) is 35.4 Å². The third kappa shape index (κ3) is 5.10. The summed E-state index contributed by atoms with van der Waals surface area (Å²) < 4.78 is 0. The highest BCUT2D eigenvalue weighted by atomic mass is 32.2. The van der Waals surface area contributed by atoms with Gasteiger partial charge in [0.2, 0.25) is 0 Å². The second-order valence-electron chi connectivity index (χ2n) is 7.29. The maximum Gasteiger partial charge on any atom is 0.261 e. The Morgan fingerprint density at radius 1 is 0.769 bits per heavy atom. The van der Waals surface area contributed by atoms with Gasteiger partial charge >= 0.3 is 0 Å². The fraction of sp³-hybridized carbons (Fsp3) is 0.619. The number of hydrogen-bond acceptors (Lipinski definition) is 4. The van der Waals surface area contributed by atoms with Gasteiger partial charge in [0.25, 0.3) is 11.8 Å². The quantitative estimate of drug-likeness (QED) is 0.425. The van der Waals surface area contributed by atoms with Crippen LogP contribution in [0.1, 0.15) is 72.1 Å². The average Bonchev–Trinajstić information content (AvgIpc) is 3.26. The lowest BCUT2D eigenvalue weighted by atomic mass is 10.1. The number of benzene rings is 1. The predicted molar refractivity (Wildman–Crippen MR) is 108 cm³/mol. The van der Waals surface area contributed by atoms with E-state index in [9.17, 15) is 9.59 Å². The third-order valence-electron chi connectivity index (χ3n) is 5.31. The smallest absolute Gasteiger partial charge is 0.261 e. The molecule has 2 heterocycles. The second-order valence-corrected chi connectivity index (χ2v) is 8.37. The van der Waals surface area contributed by atoms with E-state index in [1.165, 1.54) is 68.1 Å². The van der Waals surface area contributed by atoms with Crippen LogP contribution in [0.15, 0.2) is 24.3 Å². The number of hydrogen-bond donors (Lipinski definition) is 0. The van der Waals surface area contributed by atoms with Gasteiger partial charge in [0.15, 0.2) is 0 Å². The molecule has 3 rings (SSSR count). The van der Waals surface area contributed by atoms with Crippen LogP contribution in [0.25, 0.3) is 0 Å². The van der Waals surface area contributed by atoms with Gasteiger partial charge in [-0.2, -0.15) is 0 Å². The normalized spacial score (nSPS) is 17.3. The molecular weight excluding hydrogens is 344 g/mol. The van der Waals surface area contributed by atoms with E-state index in [1.54, 1.807) is 12.1 Å². The van der Waals surface area contributed by atoms with E-state index in [4.69, 9.17) is 0 Å². The van der Waals surface area contributed by atoms with Crippen LogP contribution in [0, 0.1) is 0 Å². The van der Waals surface area contributed by atoms with E-state index in [0.29, 0.717) is 17.7 Å². The summed E-state index contributed by atoms with van der Waals surface area (Å²) in [6, 6.07) is 7.13. The number of carbonyl (C=O) groups is 2. The molecule has 1 aromatic rings. The lowest BCUT2D eigenvalue weighted by molar-refractivity contribution is 0.0651. The minimum absolute atomic E-state index is 0.123. The van der Waals surface area contributed by atoms with Crippen LogP contribution in [-0.4, -0.2) is 52.9 Å². The molecule has 0 atom stereocenters. The van der Waals surface area contributed by atoms with Crippen LogP contribution in [0.4, 0.5) is 0 Å². The number of imide groups is 1. The van der Waals surface area contributed by atoms with Crippen molar-refractivity contribution in [2.24, 2.45) is 0 Å². The first-order chi connectivity index (χ1) is 12.8. The Kier molecular flexibility index (Phi) is 7.56. The first-order valence-electron chi connectivity index (χ1n) is 10.0. The Morgan fingerprint density at radius 2 is 1.31 bits per heavy atom. The molecule has 1 fully saturated rings. The first-order valence-corrected chi connectivity index (χ1v) is 11.2. The molecule has 5 heteroatoms. The summed E-state index contributed by atoms with van der Waals surface area (Å²) in [4.78, 5) is 28.5. The molecule has 1 aromatic carbocycles. The Bertz CT molecular complexity index is 579. The third-order valence-corrected chi connectivity index (χ3v) is 6.33. The summed E-state index contributed by atoms with van der Waals surface area (Å²) in [7, 11) is 0. The minimum atomic E-state index is -0.123. The highest BCUT2D eigenvalue weighted by molar-refractivity contribution is 7.99. The second kappa shape index (κ2) is 10.1. The number of carbonyl (C=O) groups excluding carboxylic acids is 2. The van der Waals surface area contributed by atoms with Crippen molar-refractivity contribution < 1.29 is 9.59 Å². The van der Waals surface area contributed by atoms with Gasteiger partial charge in [0, 0.05) is 24.7 Å². The molecule has 0 spiro atoms. The predicted octanol–water partition coefficient (Wildman–Crippen LogP) is 4.41. The van der Waals surface area contributed by atoms with E-state index in [1.807, 2.05) is 23.9 Å². The van der Waals surface area contributed by atoms with E-state index < -0.39 is 0 Å². The highest BCUT2D eigenvalue weighted by Crippen LogP contribution is 2.23. The van der Waals surface area contributed by atoms with Gasteiger partial charge in [-0.3, -0.25) is 19.4 Å². The van der Waals surface area contributed by atoms with Gasteiger partial charge < -0.3 is 0 Å². The molecule has 0 aliphatic carbocycles. The van der Waals surface area contributed by atoms with Crippen molar-refractivity contribution in [1.82, 2.24) is 9.80 Å². The summed E-state index contributed by atoms with van der Waals surface area (Å²) in [5.74, 6) is 2.29. The van der Waals surface area contributed by atoms with E-state index >= 15 is 0 Å². The van der Waals surface area contributed by atoms with Crippen LogP contribution < -0.4 is 0 Å². The zero-order chi connectivity index (χ0) is 18.2. The van der Waals surface area contributed by atoms with E-state index in [-0.39, 0.29) is 11.8 Å². The van der Waals surface area contributed by atoms with Crippen LogP contribution in [0.5, 0.6) is 0 Å². The van der Waals surface area contributed by atoms with Crippen molar-refractivity contribution in [2.45, 2.75) is 51.4 Å². The molecule has 2 aliphatic rings. The average molecular weight is 375 g/mol. The van der Waals surface area contributed by atoms with Gasteiger partial charge in [-0.05, 0) is 31.5 Å². The number of amides is 2. The molecule has 0 bridgehead atoms. The topological polar surface area (TPSA) is 40.6 Å². The number of nitrogens with zero attached hydrogens (tertiary/aromatic N) is 2. The fourth-order valence-electron chi connectivity index (χ4n) is 3.74. The zero-order valence-corrected chi connectivity index (χ0v) is 16.4. The zero-order valence-electron chi connectivity index (χ0n) is 15.6. The molecule has 0 saturated carbocycles. The monoisotopic (exact) mass is 374 g/mol. The molecule has 0 aromatic heterocycles. The highest BCUT2D eigenvalue weighted by Gasteiger charge is 2.34. The minimum Gasteiger partial charge on any atom is -0.293 e. The molecular formula is C21H30N2O2S. The SMILES string of the molecule is O=C1c2ccccc2C(=O)N1CCCCCCCCCCN1CCSC1. The number of thioether (sulfide) groups is 1. The van der Waals surface area contributed by atoms with Crippen molar-refractivity contribution >= 4 is 23.6 Å². The summed E-state index contributed by atoms with van der Waals surface area (Å²) in [6.07, 6.45) is 9.79. The van der Waals surface area contributed by atoms with Gasteiger partial charge in [-0.15, -0.1) is 11.8 Å². The molecule has 0 radical (unpaired) electrons. The largest absolute Gasteiger partial charge is 0.293 e. The van der Waals surface area contributed by atoms with Gasteiger partial charge in [0.1, 0.15) is 0 Å². The summed E-state index contributed by atoms with van der Waals surface area (Å²) in [5, 5.41) is 0. The van der Waals surface area contributed by atoms with Gasteiger partial charge in [-0.1, -0.05) is 50.7 Å². The molecule has 0 unspecified atom stereocenters. The van der Waals surface area contributed by atoms with Crippen LogP contribution >= 0.6 is 11.8 Å². The number of rotatable bonds is 11. The van der Waals surface area contributed by atoms with Crippen LogP contribution in [-0.2, 0) is 0 Å². The van der Waals surface area contributed by atoms with Gasteiger partial charge in [0.05, 0.1) is 11.1 Å². The van der Waals surface area contributed by atoms with Crippen molar-refractivity contribution in [3.63, 3.8) is 0 Å². The summed E-state index contributed by atoms with van der Waals surface area (Å²) in [6.45, 7) is 3.10. The molecule has 26 heavy (non-hydrogen) atoms. The lowest BCUT2D eigenvalue weighted by Crippen LogP contribution is -2.30. The standard InChI is InChI=1S/C21H30N2O2S/c24-20-18-11-7-8-12-19(18)21(25)23(20)14-10-6-4-2-1-3-5-9-13-22-15-16-26-17-22/h7-8,11-12H,1-6,9-10,13-17H2. The van der Waals surface area contributed by atoms with E-state index in [0.717, 1.165) is 12.8 Å². The molecule has 142 valence electrons. The Balaban J connectivity index is 1.20. The van der Waals surface area contributed by atoms with Crippen molar-refractivity contribution in [3.8, 4) is 0 Å². The molecule has 2 amide bonds. The Hall–Kier alpha value is -1.33. The van der Waals surface area contributed by atoms with Crippen LogP contribution in [0.2, 0.25) is 0 Å². The maximum atomic E-state index is 12.3. The van der Waals surface area contributed by atoms with Crippen LogP contribution in [0.3, 0.4) is 0 Å². The molecule has 2 aliphatic heterocycles. The summed E-state index contributed by atoms with van der Waals surface area (Å²) >= 11 is 2.05. The molecule has 4 nitrogen and oxygen atoms in total. The summed E-state index contributed by atoms with van der Waals surface area (Å²) in [5.41, 5.74) is 1.12. The molecule has 0 N–H and O–H groups in total. The van der Waals surface area contributed by atoms with Crippen molar-refractivity contribution in [1.29, 1.82) is 0 Å². The maximum absolute atomic E-state index is 12.3. The first kappa shape index (κ1) is 19.4. The fourth-order valence-corrected chi connectivity index (χ4v) is 4.77. The lowest BCUT2D eigenvalue weighted by Gasteiger charge is -2.13. The number of fused-ring (bicyclic) bond motifs is 1. The Morgan fingerprint density at radius 3 is 1.85 bits per heavy atom. The Labute approximate surface area is 161 Å². The molecule has 1 saturated heterocycles. The number of unbranched alkanes of at least 4 members (excludes halogenated alkanes) is 7.